The Kier molecular flexibility index (Phi) is 4.34. The molecule has 0 saturated heterocycles. The lowest BCUT2D eigenvalue weighted by molar-refractivity contribution is 0.0630. The van der Waals surface area contributed by atoms with Crippen LogP contribution in [0.5, 0.6) is 23.0 Å². The Hall–Kier alpha value is -2.89. The molecule has 2 aromatic carbocycles. The van der Waals surface area contributed by atoms with Gasteiger partial charge in [0.1, 0.15) is 0 Å². The standard InChI is InChI=1S/C21H23NO5/c1-24-17-8-12-5-6-22-16(14(12)10-19(17)26-3)7-13-9-18(25-2)20(27-4)11-15(13)21(22)23/h8-11,16H,5-7H2,1-4H3/t16-/m1/s1. The zero-order valence-electron chi connectivity index (χ0n) is 16.0. The second kappa shape index (κ2) is 6.68. The van der Waals surface area contributed by atoms with Gasteiger partial charge < -0.3 is 23.8 Å². The van der Waals surface area contributed by atoms with E-state index >= 15 is 0 Å². The van der Waals surface area contributed by atoms with Crippen molar-refractivity contribution < 1.29 is 23.7 Å². The molecular weight excluding hydrogens is 346 g/mol. The van der Waals surface area contributed by atoms with Gasteiger partial charge in [-0.15, -0.1) is 0 Å². The summed E-state index contributed by atoms with van der Waals surface area (Å²) < 4.78 is 21.7. The van der Waals surface area contributed by atoms with Crippen LogP contribution in [-0.2, 0) is 12.8 Å². The summed E-state index contributed by atoms with van der Waals surface area (Å²) in [4.78, 5) is 15.1. The molecular formula is C21H23NO5. The largest absolute Gasteiger partial charge is 0.493 e. The summed E-state index contributed by atoms with van der Waals surface area (Å²) in [5, 5.41) is 0. The fourth-order valence-electron chi connectivity index (χ4n) is 4.14. The van der Waals surface area contributed by atoms with Gasteiger partial charge in [-0.2, -0.15) is 0 Å². The quantitative estimate of drug-likeness (QED) is 0.829. The lowest BCUT2D eigenvalue weighted by Crippen LogP contribution is -2.44. The molecule has 0 aromatic heterocycles. The van der Waals surface area contributed by atoms with E-state index in [2.05, 4.69) is 0 Å². The lowest BCUT2D eigenvalue weighted by Gasteiger charge is -2.41. The topological polar surface area (TPSA) is 57.2 Å². The monoisotopic (exact) mass is 369 g/mol. The highest BCUT2D eigenvalue weighted by Crippen LogP contribution is 2.44. The first-order valence-electron chi connectivity index (χ1n) is 8.92. The van der Waals surface area contributed by atoms with Crippen molar-refractivity contribution in [3.63, 3.8) is 0 Å². The lowest BCUT2D eigenvalue weighted by atomic mass is 9.83. The van der Waals surface area contributed by atoms with Crippen LogP contribution < -0.4 is 18.9 Å². The number of ether oxygens (including phenoxy) is 4. The molecule has 0 bridgehead atoms. The number of rotatable bonds is 4. The van der Waals surface area contributed by atoms with Gasteiger partial charge in [0, 0.05) is 12.1 Å². The number of benzene rings is 2. The molecule has 2 heterocycles. The van der Waals surface area contributed by atoms with Gasteiger partial charge in [0.15, 0.2) is 23.0 Å². The van der Waals surface area contributed by atoms with Gasteiger partial charge in [-0.3, -0.25) is 4.79 Å². The smallest absolute Gasteiger partial charge is 0.254 e. The molecule has 0 fully saturated rings. The SMILES string of the molecule is COc1cc2c(cc1OC)C(=O)N1CCc3cc(OC)c(OC)cc3[C@H]1C2. The maximum atomic E-state index is 13.2. The molecule has 0 N–H and O–H groups in total. The Morgan fingerprint density at radius 3 is 2.00 bits per heavy atom. The van der Waals surface area contributed by atoms with Crippen molar-refractivity contribution in [1.29, 1.82) is 0 Å². The van der Waals surface area contributed by atoms with Crippen LogP contribution in [0, 0.1) is 0 Å². The third-order valence-corrected chi connectivity index (χ3v) is 5.52. The van der Waals surface area contributed by atoms with Gasteiger partial charge >= 0.3 is 0 Å². The molecule has 0 saturated carbocycles. The Bertz CT molecular complexity index is 908. The van der Waals surface area contributed by atoms with Crippen molar-refractivity contribution in [2.75, 3.05) is 35.0 Å². The van der Waals surface area contributed by atoms with Crippen molar-refractivity contribution in [3.05, 3.63) is 46.5 Å². The van der Waals surface area contributed by atoms with Crippen molar-refractivity contribution >= 4 is 5.91 Å². The second-order valence-electron chi connectivity index (χ2n) is 6.74. The van der Waals surface area contributed by atoms with Crippen molar-refractivity contribution in [2.45, 2.75) is 18.9 Å². The van der Waals surface area contributed by atoms with Gasteiger partial charge in [-0.1, -0.05) is 0 Å². The fourth-order valence-corrected chi connectivity index (χ4v) is 4.14. The van der Waals surface area contributed by atoms with E-state index in [4.69, 9.17) is 18.9 Å². The molecule has 4 rings (SSSR count). The zero-order chi connectivity index (χ0) is 19.1. The van der Waals surface area contributed by atoms with E-state index in [-0.39, 0.29) is 11.9 Å². The molecule has 6 heteroatoms. The highest BCUT2D eigenvalue weighted by atomic mass is 16.5. The number of carbonyl (C=O) groups is 1. The first kappa shape index (κ1) is 17.5. The summed E-state index contributed by atoms with van der Waals surface area (Å²) in [5.74, 6) is 2.65. The third kappa shape index (κ3) is 2.67. The number of carbonyl (C=O) groups excluding carboxylic acids is 1. The molecule has 0 radical (unpaired) electrons. The minimum absolute atomic E-state index is 0.0216. The molecule has 27 heavy (non-hydrogen) atoms. The molecule has 2 aliphatic heterocycles. The number of nitrogens with zero attached hydrogens (tertiary/aromatic N) is 1. The van der Waals surface area contributed by atoms with Gasteiger partial charge in [0.05, 0.1) is 34.5 Å². The van der Waals surface area contributed by atoms with Gasteiger partial charge in [0.25, 0.3) is 5.91 Å². The maximum Gasteiger partial charge on any atom is 0.254 e. The Balaban J connectivity index is 1.81. The summed E-state index contributed by atoms with van der Waals surface area (Å²) in [5.41, 5.74) is 3.98. The number of hydrogen-bond donors (Lipinski definition) is 0. The molecule has 2 aliphatic rings. The maximum absolute atomic E-state index is 13.2. The Labute approximate surface area is 158 Å². The highest BCUT2D eigenvalue weighted by molar-refractivity contribution is 5.98. The van der Waals surface area contributed by atoms with Crippen LogP contribution in [0.1, 0.15) is 33.1 Å². The van der Waals surface area contributed by atoms with Crippen LogP contribution in [0.25, 0.3) is 0 Å². The van der Waals surface area contributed by atoms with E-state index in [1.807, 2.05) is 23.1 Å². The molecule has 0 aliphatic carbocycles. The number of methoxy groups -OCH3 is 4. The molecule has 1 atom stereocenters. The molecule has 0 unspecified atom stereocenters. The predicted octanol–water partition coefficient (Wildman–Crippen LogP) is 3.02. The highest BCUT2D eigenvalue weighted by Gasteiger charge is 2.38. The van der Waals surface area contributed by atoms with Gasteiger partial charge in [-0.25, -0.2) is 0 Å². The molecule has 2 aromatic rings. The average molecular weight is 369 g/mol. The van der Waals surface area contributed by atoms with Crippen LogP contribution in [0.15, 0.2) is 24.3 Å². The van der Waals surface area contributed by atoms with Crippen LogP contribution >= 0.6 is 0 Å². The first-order valence-corrected chi connectivity index (χ1v) is 8.92. The fraction of sp³-hybridized carbons (Fsp3) is 0.381. The molecule has 1 amide bonds. The minimum Gasteiger partial charge on any atom is -0.493 e. The van der Waals surface area contributed by atoms with E-state index in [1.54, 1.807) is 34.5 Å². The third-order valence-electron chi connectivity index (χ3n) is 5.52. The summed E-state index contributed by atoms with van der Waals surface area (Å²) in [6.07, 6.45) is 1.52. The Morgan fingerprint density at radius 2 is 1.37 bits per heavy atom. The summed E-state index contributed by atoms with van der Waals surface area (Å²) in [6, 6.07) is 7.71. The minimum atomic E-state index is -0.0216. The number of amides is 1. The number of hydrogen-bond acceptors (Lipinski definition) is 5. The van der Waals surface area contributed by atoms with E-state index in [0.717, 1.165) is 29.7 Å². The predicted molar refractivity (Wildman–Crippen MR) is 100 cm³/mol. The zero-order valence-corrected chi connectivity index (χ0v) is 16.0. The van der Waals surface area contributed by atoms with E-state index in [1.165, 1.54) is 5.56 Å². The van der Waals surface area contributed by atoms with E-state index in [9.17, 15) is 4.79 Å². The average Bonchev–Trinajstić information content (AvgIpc) is 2.71. The van der Waals surface area contributed by atoms with Crippen LogP contribution in [0.4, 0.5) is 0 Å². The second-order valence-corrected chi connectivity index (χ2v) is 6.74. The van der Waals surface area contributed by atoms with Gasteiger partial charge in [-0.05, 0) is 53.8 Å². The van der Waals surface area contributed by atoms with Gasteiger partial charge in [0.2, 0.25) is 0 Å². The number of fused-ring (bicyclic) bond motifs is 4. The van der Waals surface area contributed by atoms with Crippen LogP contribution in [0.3, 0.4) is 0 Å². The van der Waals surface area contributed by atoms with Crippen molar-refractivity contribution in [2.24, 2.45) is 0 Å². The summed E-state index contributed by atoms with van der Waals surface area (Å²) in [7, 11) is 6.45. The summed E-state index contributed by atoms with van der Waals surface area (Å²) in [6.45, 7) is 0.680. The molecule has 6 nitrogen and oxygen atoms in total. The molecule has 142 valence electrons. The molecule has 0 spiro atoms. The van der Waals surface area contributed by atoms with E-state index < -0.39 is 0 Å². The van der Waals surface area contributed by atoms with Crippen molar-refractivity contribution in [3.8, 4) is 23.0 Å². The van der Waals surface area contributed by atoms with E-state index in [0.29, 0.717) is 29.4 Å². The van der Waals surface area contributed by atoms with Crippen molar-refractivity contribution in [1.82, 2.24) is 4.90 Å². The van der Waals surface area contributed by atoms with Crippen LogP contribution in [-0.4, -0.2) is 45.8 Å². The summed E-state index contributed by atoms with van der Waals surface area (Å²) >= 11 is 0. The first-order chi connectivity index (χ1) is 13.1. The normalized spacial score (nSPS) is 17.6. The van der Waals surface area contributed by atoms with Crippen LogP contribution in [0.2, 0.25) is 0 Å². The Morgan fingerprint density at radius 1 is 0.815 bits per heavy atom.